The number of unbranched alkanes of at least 4 members (excludes halogenated alkanes) is 1. The maximum absolute atomic E-state index is 5.30. The van der Waals surface area contributed by atoms with Gasteiger partial charge in [0.25, 0.3) is 0 Å². The number of halogens is 2. The zero-order valence-corrected chi connectivity index (χ0v) is 13.7. The largest absolute Gasteiger partial charge is 0.309 e. The summed E-state index contributed by atoms with van der Waals surface area (Å²) < 4.78 is 2.02. The molecule has 2 nitrogen and oxygen atoms in total. The highest BCUT2D eigenvalue weighted by Gasteiger charge is 2.15. The zero-order chi connectivity index (χ0) is 13.4. The average Bonchev–Trinajstić information content (AvgIpc) is 2.34. The van der Waals surface area contributed by atoms with E-state index in [1.54, 1.807) is 0 Å². The fourth-order valence-electron chi connectivity index (χ4n) is 1.74. The minimum atomic E-state index is 0.265. The maximum atomic E-state index is 5.30. The van der Waals surface area contributed by atoms with E-state index < -0.39 is 0 Å². The van der Waals surface area contributed by atoms with Crippen LogP contribution in [0.1, 0.15) is 44.3 Å². The molecule has 0 aromatic carbocycles. The molecule has 1 heterocycles. The van der Waals surface area contributed by atoms with Gasteiger partial charge in [-0.25, -0.2) is 0 Å². The van der Waals surface area contributed by atoms with Crippen LogP contribution < -0.4 is 5.32 Å². The Labute approximate surface area is 126 Å². The predicted octanol–water partition coefficient (Wildman–Crippen LogP) is 4.45. The molecule has 0 aliphatic carbocycles. The summed E-state index contributed by atoms with van der Waals surface area (Å²) in [6.45, 7) is 3.15. The van der Waals surface area contributed by atoms with Gasteiger partial charge in [0.05, 0.1) is 11.7 Å². The molecule has 0 spiro atoms. The number of hydrogen-bond acceptors (Lipinski definition) is 2. The Hall–Kier alpha value is -0.370. The van der Waals surface area contributed by atoms with Crippen molar-refractivity contribution >= 4 is 31.9 Å². The van der Waals surface area contributed by atoms with Crippen molar-refractivity contribution < 1.29 is 0 Å². The van der Waals surface area contributed by atoms with Crippen molar-refractivity contribution in [1.82, 2.24) is 10.3 Å². The number of terminal acetylenes is 1. The van der Waals surface area contributed by atoms with Gasteiger partial charge in [0.2, 0.25) is 0 Å². The van der Waals surface area contributed by atoms with Crippen LogP contribution >= 0.6 is 31.9 Å². The third-order valence-electron chi connectivity index (χ3n) is 2.62. The molecule has 4 heteroatoms. The van der Waals surface area contributed by atoms with Crippen molar-refractivity contribution in [2.24, 2.45) is 0 Å². The average molecular weight is 374 g/mol. The second-order valence-electron chi connectivity index (χ2n) is 4.12. The first-order chi connectivity index (χ1) is 8.69. The summed E-state index contributed by atoms with van der Waals surface area (Å²) >= 11 is 7.00. The monoisotopic (exact) mass is 372 g/mol. The van der Waals surface area contributed by atoms with Crippen molar-refractivity contribution in [2.75, 3.05) is 6.54 Å². The molecule has 0 radical (unpaired) electrons. The molecule has 0 aliphatic heterocycles. The molecule has 1 aromatic rings. The molecule has 1 aromatic heterocycles. The Morgan fingerprint density at radius 3 is 2.89 bits per heavy atom. The molecule has 0 amide bonds. The zero-order valence-electron chi connectivity index (χ0n) is 10.5. The Kier molecular flexibility index (Phi) is 7.57. The molecular weight excluding hydrogens is 356 g/mol. The second-order valence-corrected chi connectivity index (χ2v) is 5.89. The van der Waals surface area contributed by atoms with E-state index >= 15 is 0 Å². The van der Waals surface area contributed by atoms with Crippen LogP contribution in [0.25, 0.3) is 0 Å². The lowest BCUT2D eigenvalue weighted by atomic mass is 10.1. The SMILES string of the molecule is C#CCCCC(NCCC)c1ncc(Br)cc1Br. The van der Waals surface area contributed by atoms with E-state index in [0.29, 0.717) is 0 Å². The number of nitrogens with one attached hydrogen (secondary N) is 1. The van der Waals surface area contributed by atoms with Crippen LogP contribution in [0.4, 0.5) is 0 Å². The highest BCUT2D eigenvalue weighted by Crippen LogP contribution is 2.27. The lowest BCUT2D eigenvalue weighted by Crippen LogP contribution is -2.23. The summed E-state index contributed by atoms with van der Waals surface area (Å²) in [6, 6.07) is 2.30. The summed E-state index contributed by atoms with van der Waals surface area (Å²) in [5.41, 5.74) is 1.06. The van der Waals surface area contributed by atoms with Crippen LogP contribution in [0.5, 0.6) is 0 Å². The van der Waals surface area contributed by atoms with Gasteiger partial charge in [-0.3, -0.25) is 4.98 Å². The van der Waals surface area contributed by atoms with Crippen LogP contribution in [0, 0.1) is 12.3 Å². The number of nitrogens with zero attached hydrogens (tertiary/aromatic N) is 1. The van der Waals surface area contributed by atoms with E-state index in [4.69, 9.17) is 6.42 Å². The number of aromatic nitrogens is 1. The van der Waals surface area contributed by atoms with Crippen molar-refractivity contribution in [3.05, 3.63) is 26.9 Å². The molecular formula is C14H18Br2N2. The van der Waals surface area contributed by atoms with Crippen LogP contribution in [-0.4, -0.2) is 11.5 Å². The second kappa shape index (κ2) is 8.68. The summed E-state index contributed by atoms with van der Waals surface area (Å²) in [4.78, 5) is 4.50. The van der Waals surface area contributed by atoms with E-state index in [-0.39, 0.29) is 6.04 Å². The van der Waals surface area contributed by atoms with Crippen molar-refractivity contribution in [3.8, 4) is 12.3 Å². The van der Waals surface area contributed by atoms with Crippen LogP contribution in [0.15, 0.2) is 21.2 Å². The molecule has 98 valence electrons. The molecule has 18 heavy (non-hydrogen) atoms. The molecule has 0 saturated carbocycles. The van der Waals surface area contributed by atoms with Gasteiger partial charge >= 0.3 is 0 Å². The quantitative estimate of drug-likeness (QED) is 0.564. The lowest BCUT2D eigenvalue weighted by Gasteiger charge is -2.19. The summed E-state index contributed by atoms with van der Waals surface area (Å²) in [6.07, 6.45) is 11.1. The Balaban J connectivity index is 2.76. The lowest BCUT2D eigenvalue weighted by molar-refractivity contribution is 0.476. The van der Waals surface area contributed by atoms with E-state index in [9.17, 15) is 0 Å². The van der Waals surface area contributed by atoms with Crippen LogP contribution in [-0.2, 0) is 0 Å². The van der Waals surface area contributed by atoms with Gasteiger partial charge in [-0.15, -0.1) is 12.3 Å². The highest BCUT2D eigenvalue weighted by atomic mass is 79.9. The molecule has 1 atom stereocenters. The third kappa shape index (κ3) is 5.09. The van der Waals surface area contributed by atoms with E-state index in [0.717, 1.165) is 46.9 Å². The fourth-order valence-corrected chi connectivity index (χ4v) is 3.01. The van der Waals surface area contributed by atoms with Gasteiger partial charge in [0.1, 0.15) is 0 Å². The van der Waals surface area contributed by atoms with Gasteiger partial charge < -0.3 is 5.32 Å². The standard InChI is InChI=1S/C14H18Br2N2/c1-3-5-6-7-13(17-8-4-2)14-12(16)9-11(15)10-18-14/h1,9-10,13,17H,4-8H2,2H3. The molecule has 1 unspecified atom stereocenters. The minimum Gasteiger partial charge on any atom is -0.309 e. The fraction of sp³-hybridized carbons (Fsp3) is 0.500. The molecule has 0 aliphatic rings. The minimum absolute atomic E-state index is 0.265. The van der Waals surface area contributed by atoms with Gasteiger partial charge in [0.15, 0.2) is 0 Å². The Bertz CT molecular complexity index is 413. The molecule has 0 fully saturated rings. The van der Waals surface area contributed by atoms with Crippen molar-refractivity contribution in [2.45, 2.75) is 38.6 Å². The summed E-state index contributed by atoms with van der Waals surface area (Å²) in [5.74, 6) is 2.69. The first kappa shape index (κ1) is 15.7. The first-order valence-corrected chi connectivity index (χ1v) is 7.75. The number of hydrogen-bond donors (Lipinski definition) is 1. The smallest absolute Gasteiger partial charge is 0.0715 e. The summed E-state index contributed by atoms with van der Waals surface area (Å²) in [7, 11) is 0. The number of pyridine rings is 1. The van der Waals surface area contributed by atoms with Crippen molar-refractivity contribution in [3.63, 3.8) is 0 Å². The third-order valence-corrected chi connectivity index (χ3v) is 3.69. The Morgan fingerprint density at radius 2 is 2.28 bits per heavy atom. The van der Waals surface area contributed by atoms with Gasteiger partial charge in [0, 0.05) is 21.6 Å². The topological polar surface area (TPSA) is 24.9 Å². The van der Waals surface area contributed by atoms with E-state index in [1.165, 1.54) is 0 Å². The van der Waals surface area contributed by atoms with E-state index in [2.05, 4.69) is 55.0 Å². The molecule has 1 rings (SSSR count). The van der Waals surface area contributed by atoms with Crippen LogP contribution in [0.3, 0.4) is 0 Å². The van der Waals surface area contributed by atoms with Gasteiger partial charge in [-0.05, 0) is 63.7 Å². The maximum Gasteiger partial charge on any atom is 0.0715 e. The molecule has 0 bridgehead atoms. The number of rotatable bonds is 7. The summed E-state index contributed by atoms with van der Waals surface area (Å²) in [5, 5.41) is 3.53. The van der Waals surface area contributed by atoms with Gasteiger partial charge in [-0.1, -0.05) is 6.92 Å². The Morgan fingerprint density at radius 1 is 1.50 bits per heavy atom. The van der Waals surface area contributed by atoms with Crippen LogP contribution in [0.2, 0.25) is 0 Å². The highest BCUT2D eigenvalue weighted by molar-refractivity contribution is 9.11. The van der Waals surface area contributed by atoms with Crippen molar-refractivity contribution in [1.29, 1.82) is 0 Å². The normalized spacial score (nSPS) is 12.1. The molecule has 1 N–H and O–H groups in total. The predicted molar refractivity (Wildman–Crippen MR) is 83.4 cm³/mol. The molecule has 0 saturated heterocycles. The van der Waals surface area contributed by atoms with E-state index in [1.807, 2.05) is 12.3 Å². The first-order valence-electron chi connectivity index (χ1n) is 6.16. The van der Waals surface area contributed by atoms with Gasteiger partial charge in [-0.2, -0.15) is 0 Å².